The van der Waals surface area contributed by atoms with Gasteiger partial charge in [-0.25, -0.2) is 10.4 Å². The van der Waals surface area contributed by atoms with E-state index in [-0.39, 0.29) is 5.91 Å². The Balaban J connectivity index is 1.58. The Morgan fingerprint density at radius 1 is 1.21 bits per heavy atom. The molecule has 0 bridgehead atoms. The molecule has 28 heavy (non-hydrogen) atoms. The lowest BCUT2D eigenvalue weighted by Crippen LogP contribution is -2.33. The van der Waals surface area contributed by atoms with Gasteiger partial charge in [-0.2, -0.15) is 10.4 Å². The van der Waals surface area contributed by atoms with Gasteiger partial charge in [-0.3, -0.25) is 4.79 Å². The summed E-state index contributed by atoms with van der Waals surface area (Å²) in [5.41, 5.74) is 5.61. The third-order valence-electron chi connectivity index (χ3n) is 4.09. The summed E-state index contributed by atoms with van der Waals surface area (Å²) < 4.78 is 7.47. The minimum Gasteiger partial charge on any atom is -0.481 e. The minimum atomic E-state index is -0.729. The van der Waals surface area contributed by atoms with Gasteiger partial charge < -0.3 is 9.30 Å². The molecule has 0 aliphatic heterocycles. The van der Waals surface area contributed by atoms with Crippen molar-refractivity contribution in [2.75, 3.05) is 0 Å². The zero-order valence-electron chi connectivity index (χ0n) is 15.5. The number of rotatable bonds is 6. The molecule has 0 saturated carbocycles. The van der Waals surface area contributed by atoms with Crippen LogP contribution in [0.25, 0.3) is 5.69 Å². The van der Waals surface area contributed by atoms with Gasteiger partial charge in [0.2, 0.25) is 0 Å². The highest BCUT2D eigenvalue weighted by Crippen LogP contribution is 2.14. The summed E-state index contributed by atoms with van der Waals surface area (Å²) in [6.07, 6.45) is 4.59. The second-order valence-electron chi connectivity index (χ2n) is 6.09. The van der Waals surface area contributed by atoms with Gasteiger partial charge in [0.05, 0.1) is 23.7 Å². The summed E-state index contributed by atoms with van der Waals surface area (Å²) in [4.78, 5) is 16.2. The molecular weight excluding hydrogens is 354 g/mol. The molecule has 1 heterocycles. The van der Waals surface area contributed by atoms with E-state index in [4.69, 9.17) is 10.00 Å². The molecule has 1 amide bonds. The van der Waals surface area contributed by atoms with Crippen LogP contribution in [0.4, 0.5) is 0 Å². The summed E-state index contributed by atoms with van der Waals surface area (Å²) in [7, 11) is 0. The lowest BCUT2D eigenvalue weighted by Gasteiger charge is -2.13. The van der Waals surface area contributed by atoms with Crippen molar-refractivity contribution in [3.8, 4) is 17.5 Å². The highest BCUT2D eigenvalue weighted by molar-refractivity contribution is 5.99. The quantitative estimate of drug-likeness (QED) is 0.531. The van der Waals surface area contributed by atoms with Crippen molar-refractivity contribution in [1.29, 1.82) is 5.26 Å². The van der Waals surface area contributed by atoms with Crippen molar-refractivity contribution in [1.82, 2.24) is 15.0 Å². The van der Waals surface area contributed by atoms with Crippen molar-refractivity contribution in [2.45, 2.75) is 20.0 Å². The molecule has 3 aromatic rings. The fraction of sp³-hybridized carbons (Fsp3) is 0.143. The van der Waals surface area contributed by atoms with Crippen LogP contribution in [0.5, 0.6) is 5.75 Å². The molecule has 0 spiro atoms. The first-order valence-electron chi connectivity index (χ1n) is 8.66. The fourth-order valence-electron chi connectivity index (χ4n) is 2.45. The van der Waals surface area contributed by atoms with E-state index < -0.39 is 6.10 Å². The van der Waals surface area contributed by atoms with Crippen molar-refractivity contribution in [3.63, 3.8) is 0 Å². The van der Waals surface area contributed by atoms with Crippen LogP contribution in [-0.2, 0) is 4.79 Å². The summed E-state index contributed by atoms with van der Waals surface area (Å²) in [5, 5.41) is 13.0. The standard InChI is InChI=1S/C21H19N5O2/c1-15(18-5-7-19(8-6-18)26-12-11-23-14-26)24-25-21(27)16(2)28-20-9-3-17(13-22)4-10-20/h3-12,14,16H,1-2H3,(H,25,27)/b24-15+. The summed E-state index contributed by atoms with van der Waals surface area (Å²) >= 11 is 0. The van der Waals surface area contributed by atoms with E-state index in [2.05, 4.69) is 15.5 Å². The Hall–Kier alpha value is -3.92. The number of aromatic nitrogens is 2. The normalized spacial score (nSPS) is 12.1. The number of nitrogens with zero attached hydrogens (tertiary/aromatic N) is 4. The van der Waals surface area contributed by atoms with Gasteiger partial charge in [-0.1, -0.05) is 12.1 Å². The lowest BCUT2D eigenvalue weighted by atomic mass is 10.1. The van der Waals surface area contributed by atoms with Crippen LogP contribution in [-0.4, -0.2) is 27.3 Å². The van der Waals surface area contributed by atoms with Crippen LogP contribution in [0.3, 0.4) is 0 Å². The molecule has 0 aliphatic carbocycles. The SMILES string of the molecule is C/C(=N\NC(=O)C(C)Oc1ccc(C#N)cc1)c1ccc(-n2ccnc2)cc1. The maximum Gasteiger partial charge on any atom is 0.280 e. The molecule has 7 heteroatoms. The molecule has 0 fully saturated rings. The van der Waals surface area contributed by atoms with Crippen molar-refractivity contribution in [3.05, 3.63) is 78.4 Å². The summed E-state index contributed by atoms with van der Waals surface area (Å²) in [6.45, 7) is 3.46. The van der Waals surface area contributed by atoms with E-state index in [0.717, 1.165) is 11.3 Å². The average molecular weight is 373 g/mol. The first-order chi connectivity index (χ1) is 13.6. The summed E-state index contributed by atoms with van der Waals surface area (Å²) in [5.74, 6) is 0.149. The Morgan fingerprint density at radius 2 is 1.93 bits per heavy atom. The predicted molar refractivity (Wildman–Crippen MR) is 105 cm³/mol. The molecule has 0 radical (unpaired) electrons. The van der Waals surface area contributed by atoms with Crippen LogP contribution in [0.1, 0.15) is 25.0 Å². The third-order valence-corrected chi connectivity index (χ3v) is 4.09. The number of benzene rings is 2. The second-order valence-corrected chi connectivity index (χ2v) is 6.09. The molecule has 1 N–H and O–H groups in total. The number of hydrogen-bond acceptors (Lipinski definition) is 5. The molecule has 1 unspecified atom stereocenters. The number of nitriles is 1. The van der Waals surface area contributed by atoms with Crippen molar-refractivity contribution < 1.29 is 9.53 Å². The first-order valence-corrected chi connectivity index (χ1v) is 8.66. The van der Waals surface area contributed by atoms with E-state index in [9.17, 15) is 4.79 Å². The van der Waals surface area contributed by atoms with Crippen molar-refractivity contribution >= 4 is 11.6 Å². The summed E-state index contributed by atoms with van der Waals surface area (Å²) in [6, 6.07) is 16.4. The maximum atomic E-state index is 12.2. The van der Waals surface area contributed by atoms with E-state index in [1.165, 1.54) is 0 Å². The lowest BCUT2D eigenvalue weighted by molar-refractivity contribution is -0.127. The van der Waals surface area contributed by atoms with Gasteiger partial charge in [0.1, 0.15) is 5.75 Å². The molecule has 1 atom stereocenters. The van der Waals surface area contributed by atoms with E-state index in [1.807, 2.05) is 48.0 Å². The van der Waals surface area contributed by atoms with Gasteiger partial charge in [0.15, 0.2) is 6.10 Å². The highest BCUT2D eigenvalue weighted by Gasteiger charge is 2.14. The Bertz CT molecular complexity index is 1000. The zero-order chi connectivity index (χ0) is 19.9. The van der Waals surface area contributed by atoms with Crippen LogP contribution < -0.4 is 10.2 Å². The fourth-order valence-corrected chi connectivity index (χ4v) is 2.45. The molecule has 0 saturated heterocycles. The van der Waals surface area contributed by atoms with E-state index in [0.29, 0.717) is 17.0 Å². The second kappa shape index (κ2) is 8.64. The van der Waals surface area contributed by atoms with Gasteiger partial charge in [-0.15, -0.1) is 0 Å². The van der Waals surface area contributed by atoms with E-state index in [1.54, 1.807) is 43.7 Å². The van der Waals surface area contributed by atoms with Gasteiger partial charge in [-0.05, 0) is 55.8 Å². The number of nitrogens with one attached hydrogen (secondary N) is 1. The Morgan fingerprint density at radius 3 is 2.54 bits per heavy atom. The molecule has 2 aromatic carbocycles. The molecular formula is C21H19N5O2. The first kappa shape index (κ1) is 18.9. The molecule has 3 rings (SSSR count). The van der Waals surface area contributed by atoms with Gasteiger partial charge >= 0.3 is 0 Å². The molecule has 140 valence electrons. The predicted octanol–water partition coefficient (Wildman–Crippen LogP) is 3.05. The van der Waals surface area contributed by atoms with Crippen LogP contribution in [0, 0.1) is 11.3 Å². The average Bonchev–Trinajstić information content (AvgIpc) is 3.27. The highest BCUT2D eigenvalue weighted by atomic mass is 16.5. The number of hydrazone groups is 1. The van der Waals surface area contributed by atoms with Gasteiger partial charge in [0.25, 0.3) is 5.91 Å². The van der Waals surface area contributed by atoms with Crippen LogP contribution in [0.15, 0.2) is 72.4 Å². The molecule has 0 aliphatic rings. The Kier molecular flexibility index (Phi) is 5.82. The third kappa shape index (κ3) is 4.62. The number of hydrogen-bond donors (Lipinski definition) is 1. The van der Waals surface area contributed by atoms with E-state index >= 15 is 0 Å². The number of amides is 1. The largest absolute Gasteiger partial charge is 0.481 e. The monoisotopic (exact) mass is 373 g/mol. The topological polar surface area (TPSA) is 92.3 Å². The van der Waals surface area contributed by atoms with Gasteiger partial charge in [0, 0.05) is 18.1 Å². The number of ether oxygens (including phenoxy) is 1. The van der Waals surface area contributed by atoms with Crippen LogP contribution >= 0.6 is 0 Å². The van der Waals surface area contributed by atoms with Crippen LogP contribution in [0.2, 0.25) is 0 Å². The minimum absolute atomic E-state index is 0.362. The Labute approximate surface area is 162 Å². The molecule has 7 nitrogen and oxygen atoms in total. The van der Waals surface area contributed by atoms with Crippen molar-refractivity contribution in [2.24, 2.45) is 5.10 Å². The number of carbonyl (C=O) groups excluding carboxylic acids is 1. The zero-order valence-corrected chi connectivity index (χ0v) is 15.5. The number of imidazole rings is 1. The molecule has 1 aromatic heterocycles. The maximum absolute atomic E-state index is 12.2. The smallest absolute Gasteiger partial charge is 0.280 e. The number of carbonyl (C=O) groups is 1.